The lowest BCUT2D eigenvalue weighted by molar-refractivity contribution is 0.628. The Hall–Kier alpha value is -3.93. The quantitative estimate of drug-likeness (QED) is 0.254. The Kier molecular flexibility index (Phi) is 5.65. The third-order valence-electron chi connectivity index (χ3n) is 5.15. The van der Waals surface area contributed by atoms with Gasteiger partial charge in [0.15, 0.2) is 0 Å². The largest absolute Gasteiger partial charge is 0.381 e. The fourth-order valence-corrected chi connectivity index (χ4v) is 4.45. The van der Waals surface area contributed by atoms with Gasteiger partial charge in [0.2, 0.25) is 0 Å². The number of fused-ring (bicyclic) bond motifs is 1. The van der Waals surface area contributed by atoms with Crippen molar-refractivity contribution in [3.05, 3.63) is 88.3 Å². The number of nitriles is 1. The maximum atomic E-state index is 13.6. The van der Waals surface area contributed by atoms with Gasteiger partial charge in [-0.05, 0) is 47.8 Å². The van der Waals surface area contributed by atoms with Gasteiger partial charge in [-0.1, -0.05) is 17.7 Å². The number of H-pyrrole nitrogens is 1. The van der Waals surface area contributed by atoms with Crippen molar-refractivity contribution in [2.45, 2.75) is 6.54 Å². The summed E-state index contributed by atoms with van der Waals surface area (Å²) in [4.78, 5) is 5.52. The highest BCUT2D eigenvalue weighted by molar-refractivity contribution is 7.13. The number of pyridine rings is 1. The van der Waals surface area contributed by atoms with Crippen LogP contribution in [0, 0.1) is 17.1 Å². The summed E-state index contributed by atoms with van der Waals surface area (Å²) in [5.74, 6) is -0.505. The molecule has 0 saturated heterocycles. The molecule has 6 nitrogen and oxygen atoms in total. The molecule has 0 fully saturated rings. The summed E-state index contributed by atoms with van der Waals surface area (Å²) >= 11 is 7.58. The Balaban J connectivity index is 1.47. The first kappa shape index (κ1) is 20.9. The van der Waals surface area contributed by atoms with E-state index in [2.05, 4.69) is 31.9 Å². The van der Waals surface area contributed by atoms with E-state index in [0.29, 0.717) is 23.5 Å². The van der Waals surface area contributed by atoms with Crippen LogP contribution in [0.1, 0.15) is 11.1 Å². The predicted molar refractivity (Wildman–Crippen MR) is 130 cm³/mol. The standard InChI is InChI=1S/C24H16ClFN6S/c25-19-9-17(3-5-20(19)26)31-23-14(10-27)11-29-21-6-4-16(8-18(21)23)28-12-15-13-30-32-24(15)22-2-1-7-33-22/h1-9,11,13,28H,12H2,(H,29,31)(H,30,32). The zero-order valence-corrected chi connectivity index (χ0v) is 18.6. The van der Waals surface area contributed by atoms with Crippen molar-refractivity contribution in [1.29, 1.82) is 5.26 Å². The average Bonchev–Trinajstić information content (AvgIpc) is 3.52. The van der Waals surface area contributed by atoms with E-state index in [0.717, 1.165) is 32.7 Å². The molecule has 0 aliphatic rings. The van der Waals surface area contributed by atoms with Crippen molar-refractivity contribution in [2.24, 2.45) is 0 Å². The molecular weight excluding hydrogens is 459 g/mol. The van der Waals surface area contributed by atoms with E-state index in [1.165, 1.54) is 18.3 Å². The van der Waals surface area contributed by atoms with Gasteiger partial charge < -0.3 is 10.6 Å². The summed E-state index contributed by atoms with van der Waals surface area (Å²) in [5, 5.41) is 26.3. The molecule has 0 aliphatic carbocycles. The van der Waals surface area contributed by atoms with E-state index in [9.17, 15) is 9.65 Å². The number of nitrogens with zero attached hydrogens (tertiary/aromatic N) is 3. The van der Waals surface area contributed by atoms with Crippen molar-refractivity contribution in [1.82, 2.24) is 15.2 Å². The molecule has 162 valence electrons. The number of nitrogens with one attached hydrogen (secondary N) is 3. The third kappa shape index (κ3) is 4.24. The summed E-state index contributed by atoms with van der Waals surface area (Å²) < 4.78 is 13.6. The number of aromatic amines is 1. The zero-order chi connectivity index (χ0) is 22.8. The van der Waals surface area contributed by atoms with Crippen LogP contribution in [0.3, 0.4) is 0 Å². The normalized spacial score (nSPS) is 10.8. The van der Waals surface area contributed by atoms with E-state index in [1.54, 1.807) is 17.4 Å². The predicted octanol–water partition coefficient (Wildman–Crippen LogP) is 6.71. The molecule has 9 heteroatoms. The molecule has 5 aromatic rings. The van der Waals surface area contributed by atoms with Gasteiger partial charge in [-0.3, -0.25) is 10.1 Å². The summed E-state index contributed by atoms with van der Waals surface area (Å²) in [6.07, 6.45) is 3.32. The summed E-state index contributed by atoms with van der Waals surface area (Å²) in [6, 6.07) is 16.3. The second-order valence-electron chi connectivity index (χ2n) is 7.25. The van der Waals surface area contributed by atoms with E-state index < -0.39 is 5.82 Å². The average molecular weight is 475 g/mol. The lowest BCUT2D eigenvalue weighted by Crippen LogP contribution is -2.01. The molecule has 33 heavy (non-hydrogen) atoms. The lowest BCUT2D eigenvalue weighted by atomic mass is 10.1. The molecule has 2 aromatic carbocycles. The fraction of sp³-hybridized carbons (Fsp3) is 0.0417. The molecule has 0 saturated carbocycles. The number of rotatable bonds is 6. The van der Waals surface area contributed by atoms with Gasteiger partial charge in [0.05, 0.1) is 38.6 Å². The minimum Gasteiger partial charge on any atom is -0.381 e. The van der Waals surface area contributed by atoms with Gasteiger partial charge in [-0.15, -0.1) is 11.3 Å². The van der Waals surface area contributed by atoms with E-state index in [1.807, 2.05) is 41.9 Å². The molecule has 0 spiro atoms. The Bertz CT molecular complexity index is 1490. The van der Waals surface area contributed by atoms with Crippen molar-refractivity contribution < 1.29 is 4.39 Å². The Morgan fingerprint density at radius 1 is 1.12 bits per heavy atom. The first-order valence-corrected chi connectivity index (χ1v) is 11.2. The third-order valence-corrected chi connectivity index (χ3v) is 6.32. The molecule has 3 heterocycles. The van der Waals surface area contributed by atoms with E-state index >= 15 is 0 Å². The number of aromatic nitrogens is 3. The number of hydrogen-bond acceptors (Lipinski definition) is 6. The first-order valence-electron chi connectivity index (χ1n) is 9.97. The molecule has 0 aliphatic heterocycles. The number of anilines is 3. The second-order valence-corrected chi connectivity index (χ2v) is 8.60. The van der Waals surface area contributed by atoms with Crippen LogP contribution in [-0.2, 0) is 6.54 Å². The van der Waals surface area contributed by atoms with Crippen LogP contribution >= 0.6 is 22.9 Å². The molecule has 0 unspecified atom stereocenters. The highest BCUT2D eigenvalue weighted by Gasteiger charge is 2.13. The molecule has 0 radical (unpaired) electrons. The number of halogens is 2. The summed E-state index contributed by atoms with van der Waals surface area (Å²) in [7, 11) is 0. The molecule has 3 N–H and O–H groups in total. The Morgan fingerprint density at radius 3 is 2.79 bits per heavy atom. The van der Waals surface area contributed by atoms with Crippen molar-refractivity contribution in [2.75, 3.05) is 10.6 Å². The van der Waals surface area contributed by atoms with E-state index in [-0.39, 0.29) is 5.02 Å². The van der Waals surface area contributed by atoms with Crippen molar-refractivity contribution in [3.8, 4) is 16.6 Å². The summed E-state index contributed by atoms with van der Waals surface area (Å²) in [6.45, 7) is 0.566. The maximum absolute atomic E-state index is 13.6. The molecule has 0 bridgehead atoms. The smallest absolute Gasteiger partial charge is 0.141 e. The SMILES string of the molecule is N#Cc1cnc2ccc(NCc3cn[nH]c3-c3cccs3)cc2c1Nc1ccc(F)c(Cl)c1. The molecule has 0 amide bonds. The van der Waals surface area contributed by atoms with Crippen LogP contribution in [0.2, 0.25) is 5.02 Å². The second kappa shape index (κ2) is 8.90. The van der Waals surface area contributed by atoms with Gasteiger partial charge in [-0.2, -0.15) is 10.4 Å². The van der Waals surface area contributed by atoms with Crippen LogP contribution in [-0.4, -0.2) is 15.2 Å². The van der Waals surface area contributed by atoms with Crippen LogP contribution in [0.25, 0.3) is 21.5 Å². The van der Waals surface area contributed by atoms with Crippen LogP contribution in [0.4, 0.5) is 21.5 Å². The Morgan fingerprint density at radius 2 is 2.00 bits per heavy atom. The van der Waals surface area contributed by atoms with Gasteiger partial charge in [0, 0.05) is 35.1 Å². The minimum absolute atomic E-state index is 0.000817. The van der Waals surface area contributed by atoms with Crippen molar-refractivity contribution in [3.63, 3.8) is 0 Å². The van der Waals surface area contributed by atoms with Gasteiger partial charge >= 0.3 is 0 Å². The minimum atomic E-state index is -0.505. The lowest BCUT2D eigenvalue weighted by Gasteiger charge is -2.14. The number of hydrogen-bond donors (Lipinski definition) is 3. The van der Waals surface area contributed by atoms with Crippen LogP contribution in [0.15, 0.2) is 66.3 Å². The van der Waals surface area contributed by atoms with Gasteiger partial charge in [0.25, 0.3) is 0 Å². The monoisotopic (exact) mass is 474 g/mol. The molecule has 5 rings (SSSR count). The molecule has 3 aromatic heterocycles. The van der Waals surface area contributed by atoms with Gasteiger partial charge in [0.1, 0.15) is 11.9 Å². The maximum Gasteiger partial charge on any atom is 0.141 e. The highest BCUT2D eigenvalue weighted by atomic mass is 35.5. The fourth-order valence-electron chi connectivity index (χ4n) is 3.52. The molecular formula is C24H16ClFN6S. The van der Waals surface area contributed by atoms with Crippen molar-refractivity contribution >= 4 is 50.9 Å². The van der Waals surface area contributed by atoms with E-state index in [4.69, 9.17) is 11.6 Å². The zero-order valence-electron chi connectivity index (χ0n) is 17.1. The summed E-state index contributed by atoms with van der Waals surface area (Å²) in [5.41, 5.74) is 5.13. The molecule has 0 atom stereocenters. The van der Waals surface area contributed by atoms with Gasteiger partial charge in [-0.25, -0.2) is 4.39 Å². The van der Waals surface area contributed by atoms with Crippen LogP contribution < -0.4 is 10.6 Å². The topological polar surface area (TPSA) is 89.4 Å². The first-order chi connectivity index (χ1) is 16.1. The number of thiophene rings is 1. The Labute approximate surface area is 197 Å². The number of benzene rings is 2. The van der Waals surface area contributed by atoms with Crippen LogP contribution in [0.5, 0.6) is 0 Å². The highest BCUT2D eigenvalue weighted by Crippen LogP contribution is 2.32.